The van der Waals surface area contributed by atoms with E-state index in [0.717, 1.165) is 38.2 Å². The van der Waals surface area contributed by atoms with Gasteiger partial charge in [-0.15, -0.1) is 0 Å². The summed E-state index contributed by atoms with van der Waals surface area (Å²) in [6, 6.07) is 15.1. The fraction of sp³-hybridized carbons (Fsp3) is 0.333. The Morgan fingerprint density at radius 1 is 1.00 bits per heavy atom. The second-order valence-corrected chi connectivity index (χ2v) is 6.79. The second-order valence-electron chi connectivity index (χ2n) is 6.79. The van der Waals surface area contributed by atoms with Gasteiger partial charge in [-0.2, -0.15) is 0 Å². The van der Waals surface area contributed by atoms with Gasteiger partial charge in [-0.1, -0.05) is 18.2 Å². The lowest BCUT2D eigenvalue weighted by molar-refractivity contribution is 0.164. The molecule has 0 spiro atoms. The lowest BCUT2D eigenvalue weighted by Gasteiger charge is -2.31. The van der Waals surface area contributed by atoms with Crippen LogP contribution in [-0.2, 0) is 0 Å². The van der Waals surface area contributed by atoms with E-state index in [0.29, 0.717) is 5.92 Å². The second kappa shape index (κ2) is 6.98. The van der Waals surface area contributed by atoms with Gasteiger partial charge in [0.15, 0.2) is 0 Å². The van der Waals surface area contributed by atoms with Crippen LogP contribution in [0.25, 0.3) is 16.6 Å². The number of rotatable bonds is 4. The molecule has 1 aliphatic heterocycles. The van der Waals surface area contributed by atoms with Gasteiger partial charge in [-0.25, -0.2) is 4.39 Å². The Bertz CT molecular complexity index is 848. The van der Waals surface area contributed by atoms with Crippen LogP contribution >= 0.6 is 0 Å². The van der Waals surface area contributed by atoms with Gasteiger partial charge in [0.2, 0.25) is 0 Å². The highest BCUT2D eigenvalue weighted by Gasteiger charge is 2.23. The van der Waals surface area contributed by atoms with E-state index in [4.69, 9.17) is 5.11 Å². The van der Waals surface area contributed by atoms with E-state index in [1.807, 2.05) is 12.1 Å². The molecule has 3 aromatic rings. The summed E-state index contributed by atoms with van der Waals surface area (Å²) in [5, 5.41) is 10.4. The van der Waals surface area contributed by atoms with Crippen molar-refractivity contribution in [3.8, 4) is 5.69 Å². The molecule has 2 aromatic carbocycles. The van der Waals surface area contributed by atoms with E-state index in [9.17, 15) is 4.39 Å². The number of benzene rings is 2. The number of aliphatic hydroxyl groups is 1. The molecule has 130 valence electrons. The maximum Gasteiger partial charge on any atom is 0.123 e. The average Bonchev–Trinajstić information content (AvgIpc) is 3.03. The van der Waals surface area contributed by atoms with Crippen LogP contribution in [0.15, 0.2) is 54.7 Å². The van der Waals surface area contributed by atoms with E-state index in [-0.39, 0.29) is 12.4 Å². The fourth-order valence-corrected chi connectivity index (χ4v) is 3.96. The fourth-order valence-electron chi connectivity index (χ4n) is 3.96. The molecular weight excluding hydrogens is 315 g/mol. The first-order valence-corrected chi connectivity index (χ1v) is 8.95. The maximum atomic E-state index is 13.3. The molecule has 0 unspecified atom stereocenters. The molecule has 2 heterocycles. The molecule has 25 heavy (non-hydrogen) atoms. The summed E-state index contributed by atoms with van der Waals surface area (Å²) in [7, 11) is 0. The molecule has 1 fully saturated rings. The predicted octanol–water partition coefficient (Wildman–Crippen LogP) is 3.94. The molecule has 0 atom stereocenters. The zero-order valence-corrected chi connectivity index (χ0v) is 14.2. The molecule has 1 saturated heterocycles. The first kappa shape index (κ1) is 16.3. The molecule has 1 aliphatic rings. The van der Waals surface area contributed by atoms with Gasteiger partial charge in [0.1, 0.15) is 5.82 Å². The summed E-state index contributed by atoms with van der Waals surface area (Å²) in [6.07, 6.45) is 4.44. The number of β-amino-alcohol motifs (C(OH)–C–C–N with tert-alkyl or cyclic N) is 1. The normalized spacial score (nSPS) is 16.6. The van der Waals surface area contributed by atoms with E-state index in [1.54, 1.807) is 0 Å². The van der Waals surface area contributed by atoms with Crippen molar-refractivity contribution in [2.75, 3.05) is 26.2 Å². The largest absolute Gasteiger partial charge is 0.395 e. The van der Waals surface area contributed by atoms with Crippen LogP contribution in [0.1, 0.15) is 24.3 Å². The van der Waals surface area contributed by atoms with Crippen LogP contribution in [0, 0.1) is 5.82 Å². The van der Waals surface area contributed by atoms with Crippen LogP contribution < -0.4 is 0 Å². The zero-order chi connectivity index (χ0) is 17.2. The number of hydrogen-bond acceptors (Lipinski definition) is 2. The minimum atomic E-state index is -0.211. The first-order valence-electron chi connectivity index (χ1n) is 8.95. The smallest absolute Gasteiger partial charge is 0.123 e. The molecule has 0 saturated carbocycles. The molecule has 4 rings (SSSR count). The molecule has 0 bridgehead atoms. The Balaban J connectivity index is 1.70. The van der Waals surface area contributed by atoms with Crippen LogP contribution in [0.3, 0.4) is 0 Å². The summed E-state index contributed by atoms with van der Waals surface area (Å²) in [5.41, 5.74) is 3.53. The maximum absolute atomic E-state index is 13.3. The first-order chi connectivity index (χ1) is 12.3. The lowest BCUT2D eigenvalue weighted by Crippen LogP contribution is -2.34. The third-order valence-corrected chi connectivity index (χ3v) is 5.29. The summed E-state index contributed by atoms with van der Waals surface area (Å²) in [5.74, 6) is 0.318. The van der Waals surface area contributed by atoms with Crippen LogP contribution in [0.2, 0.25) is 0 Å². The lowest BCUT2D eigenvalue weighted by atomic mass is 9.89. The number of hydrogen-bond donors (Lipinski definition) is 1. The van der Waals surface area contributed by atoms with Crippen molar-refractivity contribution in [1.29, 1.82) is 0 Å². The number of nitrogens with zero attached hydrogens (tertiary/aromatic N) is 2. The van der Waals surface area contributed by atoms with E-state index in [2.05, 4.69) is 39.9 Å². The van der Waals surface area contributed by atoms with Crippen molar-refractivity contribution in [3.63, 3.8) is 0 Å². The van der Waals surface area contributed by atoms with Crippen LogP contribution in [-0.4, -0.2) is 40.8 Å². The number of aromatic nitrogens is 1. The van der Waals surface area contributed by atoms with Gasteiger partial charge >= 0.3 is 0 Å². The minimum Gasteiger partial charge on any atom is -0.395 e. The van der Waals surface area contributed by atoms with Crippen molar-refractivity contribution in [2.24, 2.45) is 0 Å². The molecule has 0 radical (unpaired) electrons. The molecule has 1 aromatic heterocycles. The van der Waals surface area contributed by atoms with Crippen molar-refractivity contribution in [2.45, 2.75) is 18.8 Å². The zero-order valence-electron chi connectivity index (χ0n) is 14.2. The molecule has 0 amide bonds. The van der Waals surface area contributed by atoms with Crippen molar-refractivity contribution < 1.29 is 9.50 Å². The van der Waals surface area contributed by atoms with Gasteiger partial charge in [0.05, 0.1) is 12.1 Å². The number of aliphatic hydroxyl groups excluding tert-OH is 1. The molecule has 4 heteroatoms. The number of fused-ring (bicyclic) bond motifs is 1. The summed E-state index contributed by atoms with van der Waals surface area (Å²) < 4.78 is 15.5. The summed E-state index contributed by atoms with van der Waals surface area (Å²) in [4.78, 5) is 2.33. The van der Waals surface area contributed by atoms with Crippen LogP contribution in [0.4, 0.5) is 4.39 Å². The Kier molecular flexibility index (Phi) is 4.55. The number of halogens is 1. The number of piperidine rings is 1. The van der Waals surface area contributed by atoms with Gasteiger partial charge in [0.25, 0.3) is 0 Å². The molecule has 3 nitrogen and oxygen atoms in total. The molecular formula is C21H23FN2O. The average molecular weight is 338 g/mol. The quantitative estimate of drug-likeness (QED) is 0.780. The van der Waals surface area contributed by atoms with E-state index < -0.39 is 0 Å². The minimum absolute atomic E-state index is 0.211. The van der Waals surface area contributed by atoms with Crippen LogP contribution in [0.5, 0.6) is 0 Å². The Morgan fingerprint density at radius 2 is 1.72 bits per heavy atom. The van der Waals surface area contributed by atoms with Gasteiger partial charge < -0.3 is 14.6 Å². The van der Waals surface area contributed by atoms with Crippen molar-refractivity contribution in [3.05, 3.63) is 66.1 Å². The van der Waals surface area contributed by atoms with Gasteiger partial charge in [-0.3, -0.25) is 0 Å². The van der Waals surface area contributed by atoms with Crippen molar-refractivity contribution >= 4 is 10.9 Å². The number of likely N-dealkylation sites (tertiary alicyclic amines) is 1. The SMILES string of the molecule is OCCN1CCC(c2cn(-c3ccc(F)cc3)c3ccccc23)CC1. The monoisotopic (exact) mass is 338 g/mol. The van der Waals surface area contributed by atoms with Gasteiger partial charge in [0, 0.05) is 23.8 Å². The Morgan fingerprint density at radius 3 is 2.44 bits per heavy atom. The van der Waals surface area contributed by atoms with Crippen molar-refractivity contribution in [1.82, 2.24) is 9.47 Å². The highest BCUT2D eigenvalue weighted by molar-refractivity contribution is 5.86. The predicted molar refractivity (Wildman–Crippen MR) is 98.7 cm³/mol. The molecule has 0 aliphatic carbocycles. The number of para-hydroxylation sites is 1. The summed E-state index contributed by atoms with van der Waals surface area (Å²) >= 11 is 0. The molecule has 1 N–H and O–H groups in total. The third kappa shape index (κ3) is 3.20. The standard InChI is InChI=1S/C21H23FN2O/c22-17-5-7-18(8-6-17)24-15-20(19-3-1-2-4-21(19)24)16-9-11-23(12-10-16)13-14-25/h1-8,15-16,25H,9-14H2. The Labute approximate surface area is 147 Å². The highest BCUT2D eigenvalue weighted by atomic mass is 19.1. The topological polar surface area (TPSA) is 28.4 Å². The highest BCUT2D eigenvalue weighted by Crippen LogP contribution is 2.35. The van der Waals surface area contributed by atoms with E-state index >= 15 is 0 Å². The Hall–Kier alpha value is -2.17. The van der Waals surface area contributed by atoms with Gasteiger partial charge in [-0.05, 0) is 67.7 Å². The van der Waals surface area contributed by atoms with E-state index in [1.165, 1.54) is 28.6 Å². The summed E-state index contributed by atoms with van der Waals surface area (Å²) in [6.45, 7) is 3.06. The third-order valence-electron chi connectivity index (χ3n) is 5.29.